The molecule has 2 fully saturated rings. The molecule has 0 atom stereocenters. The first kappa shape index (κ1) is 24.1. The fourth-order valence-corrected chi connectivity index (χ4v) is 4.75. The number of hydrogen-bond acceptors (Lipinski definition) is 8. The van der Waals surface area contributed by atoms with Gasteiger partial charge in [-0.1, -0.05) is 0 Å². The van der Waals surface area contributed by atoms with Crippen molar-refractivity contribution in [2.75, 3.05) is 40.1 Å². The van der Waals surface area contributed by atoms with Crippen LogP contribution >= 0.6 is 0 Å². The van der Waals surface area contributed by atoms with Crippen LogP contribution in [-0.2, 0) is 4.79 Å². The Morgan fingerprint density at radius 2 is 1.84 bits per heavy atom. The van der Waals surface area contributed by atoms with E-state index in [-0.39, 0.29) is 11.9 Å². The van der Waals surface area contributed by atoms with Gasteiger partial charge in [0, 0.05) is 61.9 Å². The van der Waals surface area contributed by atoms with Crippen molar-refractivity contribution < 1.29 is 9.59 Å². The number of hydrogen-bond donors (Lipinski definition) is 3. The van der Waals surface area contributed by atoms with Gasteiger partial charge in [-0.15, -0.1) is 0 Å². The topological polar surface area (TPSA) is 140 Å². The van der Waals surface area contributed by atoms with Gasteiger partial charge in [0.15, 0.2) is 0 Å². The molecular formula is C27H28N8O2. The van der Waals surface area contributed by atoms with Gasteiger partial charge in [-0.3, -0.25) is 9.59 Å². The number of amides is 2. The SMILES string of the molecule is N#Cc1ccc(N2CCC(Nc3cc(Nc4ccc(N5CCCC5=O)cc4)ncc3C(N)=O)CC2)nc1. The standard InChI is InChI=1S/C27H28N8O2/c28-15-18-3-8-25(31-16-18)34-12-9-20(10-13-34)32-23-14-24(30-17-22(23)27(29)37)33-19-4-6-21(7-5-19)35-11-1-2-26(35)36/h3-8,14,16-17,20H,1-2,9-13H2,(H2,29,37)(H2,30,32,33). The molecule has 2 saturated heterocycles. The number of nitriles is 1. The van der Waals surface area contributed by atoms with E-state index in [1.54, 1.807) is 23.2 Å². The van der Waals surface area contributed by atoms with Gasteiger partial charge >= 0.3 is 0 Å². The number of aromatic nitrogens is 2. The quantitative estimate of drug-likeness (QED) is 0.452. The van der Waals surface area contributed by atoms with Gasteiger partial charge in [-0.2, -0.15) is 5.26 Å². The molecular weight excluding hydrogens is 468 g/mol. The summed E-state index contributed by atoms with van der Waals surface area (Å²) in [7, 11) is 0. The molecule has 2 aliphatic rings. The number of piperidine rings is 1. The number of rotatable bonds is 7. The van der Waals surface area contributed by atoms with Crippen molar-refractivity contribution in [2.45, 2.75) is 31.7 Å². The number of primary amides is 1. The lowest BCUT2D eigenvalue weighted by molar-refractivity contribution is -0.117. The van der Waals surface area contributed by atoms with Gasteiger partial charge in [0.1, 0.15) is 17.7 Å². The second-order valence-electron chi connectivity index (χ2n) is 9.22. The number of nitrogens with two attached hydrogens (primary N) is 1. The number of carbonyl (C=O) groups excluding carboxylic acids is 2. The molecule has 2 amide bonds. The second kappa shape index (κ2) is 10.5. The maximum atomic E-state index is 12.1. The molecule has 1 aromatic carbocycles. The predicted octanol–water partition coefficient (Wildman–Crippen LogP) is 3.40. The Morgan fingerprint density at radius 3 is 2.46 bits per heavy atom. The summed E-state index contributed by atoms with van der Waals surface area (Å²) < 4.78 is 0. The molecule has 10 nitrogen and oxygen atoms in total. The fourth-order valence-electron chi connectivity index (χ4n) is 4.75. The number of anilines is 5. The van der Waals surface area contributed by atoms with E-state index in [2.05, 4.69) is 31.6 Å². The van der Waals surface area contributed by atoms with Crippen LogP contribution in [0, 0.1) is 11.3 Å². The number of pyridine rings is 2. The van der Waals surface area contributed by atoms with E-state index in [9.17, 15) is 9.59 Å². The first-order chi connectivity index (χ1) is 18.0. The minimum atomic E-state index is -0.541. The lowest BCUT2D eigenvalue weighted by atomic mass is 10.0. The summed E-state index contributed by atoms with van der Waals surface area (Å²) >= 11 is 0. The van der Waals surface area contributed by atoms with Crippen LogP contribution < -0.4 is 26.2 Å². The van der Waals surface area contributed by atoms with Crippen molar-refractivity contribution in [1.82, 2.24) is 9.97 Å². The zero-order valence-electron chi connectivity index (χ0n) is 20.4. The molecule has 4 N–H and O–H groups in total. The van der Waals surface area contributed by atoms with Gasteiger partial charge in [0.2, 0.25) is 5.91 Å². The first-order valence-electron chi connectivity index (χ1n) is 12.3. The summed E-state index contributed by atoms with van der Waals surface area (Å²) in [6.07, 6.45) is 6.25. The first-order valence-corrected chi connectivity index (χ1v) is 12.3. The van der Waals surface area contributed by atoms with E-state index in [1.165, 1.54) is 6.20 Å². The third kappa shape index (κ3) is 5.46. The number of nitrogens with one attached hydrogen (secondary N) is 2. The summed E-state index contributed by atoms with van der Waals surface area (Å²) in [4.78, 5) is 36.8. The van der Waals surface area contributed by atoms with Gasteiger partial charge in [-0.25, -0.2) is 9.97 Å². The normalized spacial score (nSPS) is 15.9. The van der Waals surface area contributed by atoms with Crippen molar-refractivity contribution >= 4 is 40.5 Å². The predicted molar refractivity (Wildman–Crippen MR) is 142 cm³/mol. The molecule has 188 valence electrons. The van der Waals surface area contributed by atoms with E-state index in [1.807, 2.05) is 30.3 Å². The Bertz CT molecular complexity index is 1330. The Balaban J connectivity index is 1.24. The maximum absolute atomic E-state index is 12.1. The van der Waals surface area contributed by atoms with Crippen LogP contribution in [0.15, 0.2) is 54.9 Å². The highest BCUT2D eigenvalue weighted by Crippen LogP contribution is 2.27. The van der Waals surface area contributed by atoms with Crippen LogP contribution in [0.25, 0.3) is 0 Å². The van der Waals surface area contributed by atoms with Crippen molar-refractivity contribution in [1.29, 1.82) is 5.26 Å². The van der Waals surface area contributed by atoms with Gasteiger partial charge in [0.25, 0.3) is 5.91 Å². The van der Waals surface area contributed by atoms with E-state index >= 15 is 0 Å². The van der Waals surface area contributed by atoms with E-state index in [0.29, 0.717) is 29.1 Å². The molecule has 37 heavy (non-hydrogen) atoms. The van der Waals surface area contributed by atoms with Crippen LogP contribution in [0.4, 0.5) is 28.7 Å². The Labute approximate surface area is 215 Å². The molecule has 0 saturated carbocycles. The monoisotopic (exact) mass is 496 g/mol. The van der Waals surface area contributed by atoms with Crippen molar-refractivity contribution in [3.05, 3.63) is 66.0 Å². The highest BCUT2D eigenvalue weighted by Gasteiger charge is 2.23. The van der Waals surface area contributed by atoms with E-state index in [0.717, 1.165) is 56.1 Å². The average Bonchev–Trinajstić information content (AvgIpc) is 3.35. The summed E-state index contributed by atoms with van der Waals surface area (Å²) in [5.74, 6) is 1.04. The summed E-state index contributed by atoms with van der Waals surface area (Å²) in [6, 6.07) is 15.3. The number of carbonyl (C=O) groups is 2. The third-order valence-corrected chi connectivity index (χ3v) is 6.75. The van der Waals surface area contributed by atoms with Crippen LogP contribution in [0.2, 0.25) is 0 Å². The average molecular weight is 497 g/mol. The smallest absolute Gasteiger partial charge is 0.252 e. The molecule has 0 radical (unpaired) electrons. The Hall–Kier alpha value is -4.65. The molecule has 0 spiro atoms. The minimum absolute atomic E-state index is 0.152. The highest BCUT2D eigenvalue weighted by atomic mass is 16.2. The van der Waals surface area contributed by atoms with Crippen molar-refractivity contribution in [2.24, 2.45) is 5.73 Å². The van der Waals surface area contributed by atoms with Crippen molar-refractivity contribution in [3.63, 3.8) is 0 Å². The lowest BCUT2D eigenvalue weighted by Gasteiger charge is -2.34. The molecule has 0 bridgehead atoms. The largest absolute Gasteiger partial charge is 0.381 e. The summed E-state index contributed by atoms with van der Waals surface area (Å²) in [5, 5.41) is 15.7. The van der Waals surface area contributed by atoms with Gasteiger partial charge < -0.3 is 26.2 Å². The maximum Gasteiger partial charge on any atom is 0.252 e. The zero-order valence-corrected chi connectivity index (χ0v) is 20.4. The van der Waals surface area contributed by atoms with Gasteiger partial charge in [-0.05, 0) is 55.7 Å². The molecule has 0 unspecified atom stereocenters. The lowest BCUT2D eigenvalue weighted by Crippen LogP contribution is -2.39. The number of nitrogens with zero attached hydrogens (tertiary/aromatic N) is 5. The molecule has 4 heterocycles. The van der Waals surface area contributed by atoms with Crippen LogP contribution in [0.5, 0.6) is 0 Å². The Kier molecular flexibility index (Phi) is 6.85. The van der Waals surface area contributed by atoms with Crippen molar-refractivity contribution in [3.8, 4) is 6.07 Å². The van der Waals surface area contributed by atoms with Gasteiger partial charge in [0.05, 0.1) is 16.8 Å². The number of benzene rings is 1. The zero-order chi connectivity index (χ0) is 25.8. The highest BCUT2D eigenvalue weighted by molar-refractivity contribution is 5.99. The molecule has 2 aliphatic heterocycles. The second-order valence-corrected chi connectivity index (χ2v) is 9.22. The fraction of sp³-hybridized carbons (Fsp3) is 0.296. The molecule has 3 aromatic rings. The van der Waals surface area contributed by atoms with E-state index in [4.69, 9.17) is 11.0 Å². The molecule has 0 aliphatic carbocycles. The Morgan fingerprint density at radius 1 is 1.05 bits per heavy atom. The molecule has 2 aromatic heterocycles. The molecule has 5 rings (SSSR count). The third-order valence-electron chi connectivity index (χ3n) is 6.75. The van der Waals surface area contributed by atoms with Crippen LogP contribution in [-0.4, -0.2) is 47.5 Å². The minimum Gasteiger partial charge on any atom is -0.381 e. The van der Waals surface area contributed by atoms with Crippen LogP contribution in [0.3, 0.4) is 0 Å². The summed E-state index contributed by atoms with van der Waals surface area (Å²) in [5.41, 5.74) is 8.84. The van der Waals surface area contributed by atoms with Crippen LogP contribution in [0.1, 0.15) is 41.6 Å². The molecule has 10 heteroatoms. The van der Waals surface area contributed by atoms with E-state index < -0.39 is 5.91 Å². The summed E-state index contributed by atoms with van der Waals surface area (Å²) in [6.45, 7) is 2.34.